The fourth-order valence-electron chi connectivity index (χ4n) is 1.27. The van der Waals surface area contributed by atoms with Crippen LogP contribution in [0.5, 0.6) is 0 Å². The molecule has 0 heterocycles. The van der Waals surface area contributed by atoms with E-state index in [2.05, 4.69) is 15.6 Å². The van der Waals surface area contributed by atoms with Gasteiger partial charge < -0.3 is 0 Å². The third-order valence-electron chi connectivity index (χ3n) is 2.07. The third-order valence-corrected chi connectivity index (χ3v) is 2.07. The van der Waals surface area contributed by atoms with Crippen LogP contribution in [0.15, 0.2) is 76.3 Å². The van der Waals surface area contributed by atoms with Gasteiger partial charge >= 0.3 is 0 Å². The molecular weight excluding hydrogens is 216 g/mol. The molecule has 0 radical (unpaired) electrons. The Morgan fingerprint density at radius 2 is 1.41 bits per heavy atom. The first-order valence-electron chi connectivity index (χ1n) is 5.05. The van der Waals surface area contributed by atoms with Crippen molar-refractivity contribution in [2.24, 2.45) is 15.6 Å². The van der Waals surface area contributed by atoms with Crippen LogP contribution >= 0.6 is 0 Å². The molecule has 17 heavy (non-hydrogen) atoms. The zero-order valence-corrected chi connectivity index (χ0v) is 8.97. The first-order valence-corrected chi connectivity index (χ1v) is 5.05. The number of anilines is 1. The summed E-state index contributed by atoms with van der Waals surface area (Å²) < 4.78 is 0. The highest BCUT2D eigenvalue weighted by Gasteiger charge is 2.03. The number of hydrogen-bond donors (Lipinski definition) is 0. The van der Waals surface area contributed by atoms with E-state index in [4.69, 9.17) is 0 Å². The summed E-state index contributed by atoms with van der Waals surface area (Å²) >= 11 is 0. The third kappa shape index (κ3) is 2.94. The molecular formula is C12H10N4O. The van der Waals surface area contributed by atoms with Crippen LogP contribution in [0.25, 0.3) is 0 Å². The number of nitrogens with zero attached hydrogens (tertiary/aromatic N) is 4. The fraction of sp³-hybridized carbons (Fsp3) is 0. The SMILES string of the molecule is O=NN(N=Nc1ccccc1)c1ccccc1. The average Bonchev–Trinajstić information content (AvgIpc) is 2.42. The van der Waals surface area contributed by atoms with Crippen molar-refractivity contribution in [2.45, 2.75) is 0 Å². The molecule has 0 aromatic heterocycles. The molecule has 0 amide bonds. The quantitative estimate of drug-likeness (QED) is 0.451. The van der Waals surface area contributed by atoms with Gasteiger partial charge in [-0.2, -0.15) is 0 Å². The molecule has 2 rings (SSSR count). The fourth-order valence-corrected chi connectivity index (χ4v) is 1.27. The van der Waals surface area contributed by atoms with E-state index in [1.165, 1.54) is 0 Å². The first-order chi connectivity index (χ1) is 8.40. The summed E-state index contributed by atoms with van der Waals surface area (Å²) in [6.07, 6.45) is 0. The van der Waals surface area contributed by atoms with Gasteiger partial charge in [0.05, 0.1) is 16.7 Å². The Kier molecular flexibility index (Phi) is 3.54. The van der Waals surface area contributed by atoms with Crippen LogP contribution in [-0.2, 0) is 0 Å². The molecule has 2 aromatic carbocycles. The van der Waals surface area contributed by atoms with Crippen molar-refractivity contribution in [1.29, 1.82) is 0 Å². The summed E-state index contributed by atoms with van der Waals surface area (Å²) in [5.74, 6) is 0. The van der Waals surface area contributed by atoms with Crippen molar-refractivity contribution in [2.75, 3.05) is 5.12 Å². The van der Waals surface area contributed by atoms with E-state index in [0.717, 1.165) is 5.12 Å². The maximum atomic E-state index is 10.6. The van der Waals surface area contributed by atoms with E-state index < -0.39 is 0 Å². The molecule has 0 bridgehead atoms. The van der Waals surface area contributed by atoms with Crippen LogP contribution in [-0.4, -0.2) is 0 Å². The maximum absolute atomic E-state index is 10.6. The standard InChI is InChI=1S/C12H10N4O/c17-15-16(12-9-5-2-6-10-12)14-13-11-7-3-1-4-8-11/h1-10H. The largest absolute Gasteiger partial charge is 0.131 e. The Morgan fingerprint density at radius 3 is 2.00 bits per heavy atom. The van der Waals surface area contributed by atoms with Gasteiger partial charge in [0.2, 0.25) is 0 Å². The Bertz CT molecular complexity index is 498. The summed E-state index contributed by atoms with van der Waals surface area (Å²) in [5, 5.41) is 11.4. The van der Waals surface area contributed by atoms with Crippen molar-refractivity contribution in [3.63, 3.8) is 0 Å². The molecule has 5 nitrogen and oxygen atoms in total. The lowest BCUT2D eigenvalue weighted by Crippen LogP contribution is -2.04. The van der Waals surface area contributed by atoms with Crippen LogP contribution in [0.4, 0.5) is 11.4 Å². The second-order valence-corrected chi connectivity index (χ2v) is 3.23. The van der Waals surface area contributed by atoms with Crippen LogP contribution in [0.1, 0.15) is 0 Å². The zero-order valence-electron chi connectivity index (χ0n) is 8.97. The normalized spacial score (nSPS) is 10.4. The molecule has 5 heteroatoms. The van der Waals surface area contributed by atoms with Crippen molar-refractivity contribution >= 4 is 11.4 Å². The average molecular weight is 226 g/mol. The minimum Gasteiger partial charge on any atom is -0.131 e. The highest BCUT2D eigenvalue weighted by molar-refractivity contribution is 5.44. The maximum Gasteiger partial charge on any atom is 0.0907 e. The lowest BCUT2D eigenvalue weighted by atomic mass is 10.3. The predicted octanol–water partition coefficient (Wildman–Crippen LogP) is 3.87. The number of para-hydroxylation sites is 1. The van der Waals surface area contributed by atoms with Crippen molar-refractivity contribution < 1.29 is 0 Å². The van der Waals surface area contributed by atoms with Crippen LogP contribution in [0.3, 0.4) is 0 Å². The molecule has 0 saturated heterocycles. The smallest absolute Gasteiger partial charge is 0.0907 e. The minimum absolute atomic E-state index is 0.571. The summed E-state index contributed by atoms with van der Waals surface area (Å²) in [7, 11) is 0. The highest BCUT2D eigenvalue weighted by atomic mass is 16.3. The Hall–Kier alpha value is -2.56. The number of hydrogen-bond acceptors (Lipinski definition) is 4. The van der Waals surface area contributed by atoms with Gasteiger partial charge in [-0.1, -0.05) is 41.5 Å². The van der Waals surface area contributed by atoms with Gasteiger partial charge in [0.25, 0.3) is 0 Å². The topological polar surface area (TPSA) is 57.4 Å². The van der Waals surface area contributed by atoms with Gasteiger partial charge in [0.15, 0.2) is 0 Å². The van der Waals surface area contributed by atoms with Crippen molar-refractivity contribution in [3.05, 3.63) is 65.6 Å². The Morgan fingerprint density at radius 1 is 0.824 bits per heavy atom. The van der Waals surface area contributed by atoms with Crippen LogP contribution in [0.2, 0.25) is 0 Å². The van der Waals surface area contributed by atoms with Gasteiger partial charge in [0.1, 0.15) is 0 Å². The summed E-state index contributed by atoms with van der Waals surface area (Å²) in [6, 6.07) is 18.0. The van der Waals surface area contributed by atoms with Gasteiger partial charge in [-0.15, -0.1) is 10.0 Å². The van der Waals surface area contributed by atoms with Gasteiger partial charge in [0, 0.05) is 0 Å². The van der Waals surface area contributed by atoms with Crippen molar-refractivity contribution in [3.8, 4) is 0 Å². The van der Waals surface area contributed by atoms with Crippen LogP contribution in [0, 0.1) is 4.91 Å². The van der Waals surface area contributed by atoms with E-state index in [0.29, 0.717) is 11.4 Å². The molecule has 84 valence electrons. The van der Waals surface area contributed by atoms with E-state index >= 15 is 0 Å². The predicted molar refractivity (Wildman–Crippen MR) is 65.7 cm³/mol. The number of rotatable bonds is 4. The second-order valence-electron chi connectivity index (χ2n) is 3.23. The first kappa shape index (κ1) is 10.9. The molecule has 0 aliphatic rings. The minimum atomic E-state index is 0.571. The Balaban J connectivity index is 2.16. The second kappa shape index (κ2) is 5.50. The molecule has 2 aromatic rings. The summed E-state index contributed by atoms with van der Waals surface area (Å²) in [6.45, 7) is 0. The van der Waals surface area contributed by atoms with E-state index in [1.807, 2.05) is 24.3 Å². The molecule has 0 spiro atoms. The van der Waals surface area contributed by atoms with E-state index in [-0.39, 0.29) is 0 Å². The van der Waals surface area contributed by atoms with Crippen LogP contribution < -0.4 is 5.12 Å². The van der Waals surface area contributed by atoms with Gasteiger partial charge in [-0.25, -0.2) is 0 Å². The Labute approximate surface area is 98.3 Å². The molecule has 0 saturated carbocycles. The lowest BCUT2D eigenvalue weighted by Gasteiger charge is -2.05. The van der Waals surface area contributed by atoms with Gasteiger partial charge in [-0.3, -0.25) is 0 Å². The molecule has 0 atom stereocenters. The zero-order chi connectivity index (χ0) is 11.9. The molecule has 0 aliphatic carbocycles. The molecule has 0 unspecified atom stereocenters. The summed E-state index contributed by atoms with van der Waals surface area (Å²) in [5.41, 5.74) is 1.24. The number of benzene rings is 2. The van der Waals surface area contributed by atoms with Crippen molar-refractivity contribution in [1.82, 2.24) is 0 Å². The van der Waals surface area contributed by atoms with Gasteiger partial charge in [-0.05, 0) is 29.5 Å². The molecule has 0 N–H and O–H groups in total. The molecule has 0 fully saturated rings. The van der Waals surface area contributed by atoms with E-state index in [1.54, 1.807) is 36.4 Å². The number of nitroso groups, excluding NO2 is 1. The van der Waals surface area contributed by atoms with E-state index in [9.17, 15) is 4.91 Å². The highest BCUT2D eigenvalue weighted by Crippen LogP contribution is 2.17. The monoisotopic (exact) mass is 226 g/mol. The summed E-state index contributed by atoms with van der Waals surface area (Å²) in [4.78, 5) is 10.6. The lowest BCUT2D eigenvalue weighted by molar-refractivity contribution is 0.850. The molecule has 0 aliphatic heterocycles.